The lowest BCUT2D eigenvalue weighted by Crippen LogP contribution is -2.48. The molecule has 0 bridgehead atoms. The Morgan fingerprint density at radius 2 is 1.61 bits per heavy atom. The molecule has 0 spiro atoms. The van der Waals surface area contributed by atoms with Crippen LogP contribution in [0, 0.1) is 0 Å². The van der Waals surface area contributed by atoms with Gasteiger partial charge in [-0.1, -0.05) is 30.3 Å². The Kier molecular flexibility index (Phi) is 7.08. The van der Waals surface area contributed by atoms with Crippen LogP contribution in [0.3, 0.4) is 0 Å². The molecular weight excluding hydrogens is 364 g/mol. The molecule has 28 heavy (non-hydrogen) atoms. The Hall–Kier alpha value is -3.42. The van der Waals surface area contributed by atoms with Gasteiger partial charge in [0.15, 0.2) is 11.5 Å². The van der Waals surface area contributed by atoms with Crippen molar-refractivity contribution >= 4 is 17.7 Å². The topological polar surface area (TPSA) is 97.3 Å². The lowest BCUT2D eigenvalue weighted by molar-refractivity contribution is -0.120. The zero-order valence-electron chi connectivity index (χ0n) is 16.3. The fourth-order valence-electron chi connectivity index (χ4n) is 2.82. The number of ether oxygens (including phenoxy) is 3. The third kappa shape index (κ3) is 4.85. The molecule has 0 saturated carbocycles. The molecule has 2 amide bonds. The summed E-state index contributed by atoms with van der Waals surface area (Å²) >= 11 is 0. The molecule has 0 aliphatic heterocycles. The summed E-state index contributed by atoms with van der Waals surface area (Å²) in [6, 6.07) is 11.5. The standard InChI is InChI=1S/C20H24N2O6/c1-22(14-11-16(26-2)18(28-4)17(12-14)27-3)19(23)15(21-20(24)25)10-13-8-6-5-7-9-13/h5-9,11-12,15,21H,10H2,1-4H3,(H,24,25). The lowest BCUT2D eigenvalue weighted by atomic mass is 10.0. The Labute approximate surface area is 163 Å². The number of hydrogen-bond acceptors (Lipinski definition) is 5. The highest BCUT2D eigenvalue weighted by atomic mass is 16.5. The van der Waals surface area contributed by atoms with E-state index in [1.54, 1.807) is 19.2 Å². The molecule has 2 rings (SSSR count). The van der Waals surface area contributed by atoms with E-state index in [1.807, 2.05) is 30.3 Å². The van der Waals surface area contributed by atoms with Crippen molar-refractivity contribution in [1.82, 2.24) is 5.32 Å². The third-order valence-electron chi connectivity index (χ3n) is 4.25. The van der Waals surface area contributed by atoms with Crippen LogP contribution >= 0.6 is 0 Å². The van der Waals surface area contributed by atoms with Crippen molar-refractivity contribution in [3.63, 3.8) is 0 Å². The Balaban J connectivity index is 2.34. The molecule has 0 aliphatic rings. The number of methoxy groups -OCH3 is 3. The predicted octanol–water partition coefficient (Wildman–Crippen LogP) is 2.55. The highest BCUT2D eigenvalue weighted by Gasteiger charge is 2.26. The summed E-state index contributed by atoms with van der Waals surface area (Å²) in [6.07, 6.45) is -1.05. The summed E-state index contributed by atoms with van der Waals surface area (Å²) in [7, 11) is 6.01. The van der Waals surface area contributed by atoms with E-state index in [-0.39, 0.29) is 6.42 Å². The van der Waals surface area contributed by atoms with Crippen LogP contribution in [0.5, 0.6) is 17.2 Å². The summed E-state index contributed by atoms with van der Waals surface area (Å²) in [4.78, 5) is 25.6. The zero-order valence-corrected chi connectivity index (χ0v) is 16.3. The van der Waals surface area contributed by atoms with Crippen LogP contribution in [-0.2, 0) is 11.2 Å². The minimum Gasteiger partial charge on any atom is -0.493 e. The molecule has 150 valence electrons. The molecule has 0 aliphatic carbocycles. The number of rotatable bonds is 8. The number of carboxylic acid groups (broad SMARTS) is 1. The number of nitrogens with one attached hydrogen (secondary N) is 1. The number of carbonyl (C=O) groups is 2. The number of hydrogen-bond donors (Lipinski definition) is 2. The van der Waals surface area contributed by atoms with Crippen molar-refractivity contribution in [2.45, 2.75) is 12.5 Å². The fraction of sp³-hybridized carbons (Fsp3) is 0.300. The highest BCUT2D eigenvalue weighted by molar-refractivity contribution is 5.98. The zero-order chi connectivity index (χ0) is 20.7. The highest BCUT2D eigenvalue weighted by Crippen LogP contribution is 2.40. The largest absolute Gasteiger partial charge is 0.493 e. The molecule has 2 aromatic carbocycles. The third-order valence-corrected chi connectivity index (χ3v) is 4.25. The number of benzene rings is 2. The number of nitrogens with zero attached hydrogens (tertiary/aromatic N) is 1. The van der Waals surface area contributed by atoms with Crippen LogP contribution < -0.4 is 24.4 Å². The maximum atomic E-state index is 13.0. The second-order valence-electron chi connectivity index (χ2n) is 5.97. The Bertz CT molecular complexity index is 800. The van der Waals surface area contributed by atoms with Gasteiger partial charge in [-0.25, -0.2) is 4.79 Å². The molecule has 0 heterocycles. The molecule has 2 N–H and O–H groups in total. The van der Waals surface area contributed by atoms with Crippen LogP contribution in [0.15, 0.2) is 42.5 Å². The first-order valence-corrected chi connectivity index (χ1v) is 8.52. The first-order chi connectivity index (χ1) is 13.4. The van der Waals surface area contributed by atoms with Crippen LogP contribution in [0.25, 0.3) is 0 Å². The second-order valence-corrected chi connectivity index (χ2v) is 5.97. The fourth-order valence-corrected chi connectivity index (χ4v) is 2.82. The van der Waals surface area contributed by atoms with Gasteiger partial charge in [0.2, 0.25) is 11.7 Å². The molecule has 1 atom stereocenters. The normalized spacial score (nSPS) is 11.3. The van der Waals surface area contributed by atoms with Crippen LogP contribution in [0.4, 0.5) is 10.5 Å². The van der Waals surface area contributed by atoms with Gasteiger partial charge >= 0.3 is 6.09 Å². The summed E-state index contributed by atoms with van der Waals surface area (Å²) in [5.41, 5.74) is 1.32. The molecule has 8 heteroatoms. The molecular formula is C20H24N2O6. The van der Waals surface area contributed by atoms with E-state index in [9.17, 15) is 9.59 Å². The van der Waals surface area contributed by atoms with Crippen molar-refractivity contribution in [2.75, 3.05) is 33.3 Å². The van der Waals surface area contributed by atoms with Gasteiger partial charge in [-0.15, -0.1) is 0 Å². The summed E-state index contributed by atoms with van der Waals surface area (Å²) in [5.74, 6) is 0.768. The Morgan fingerprint density at radius 3 is 2.07 bits per heavy atom. The number of amides is 2. The average molecular weight is 388 g/mol. The quantitative estimate of drug-likeness (QED) is 0.721. The van der Waals surface area contributed by atoms with Gasteiger partial charge in [-0.3, -0.25) is 4.79 Å². The molecule has 1 unspecified atom stereocenters. The number of carbonyl (C=O) groups excluding carboxylic acids is 1. The van der Waals surface area contributed by atoms with Crippen molar-refractivity contribution in [1.29, 1.82) is 0 Å². The van der Waals surface area contributed by atoms with Crippen LogP contribution in [0.2, 0.25) is 0 Å². The van der Waals surface area contributed by atoms with Gasteiger partial charge in [0.25, 0.3) is 0 Å². The molecule has 0 aromatic heterocycles. The SMILES string of the molecule is COc1cc(N(C)C(=O)C(Cc2ccccc2)NC(=O)O)cc(OC)c1OC. The molecule has 0 radical (unpaired) electrons. The predicted molar refractivity (Wildman–Crippen MR) is 105 cm³/mol. The van der Waals surface area contributed by atoms with Gasteiger partial charge in [0.05, 0.1) is 27.0 Å². The van der Waals surface area contributed by atoms with Crippen molar-refractivity contribution in [3.8, 4) is 17.2 Å². The molecule has 0 saturated heterocycles. The average Bonchev–Trinajstić information content (AvgIpc) is 2.71. The second kappa shape index (κ2) is 9.50. The van der Waals surface area contributed by atoms with E-state index in [0.717, 1.165) is 5.56 Å². The van der Waals surface area contributed by atoms with Gasteiger partial charge < -0.3 is 29.5 Å². The Morgan fingerprint density at radius 1 is 1.04 bits per heavy atom. The van der Waals surface area contributed by atoms with Crippen LogP contribution in [-0.4, -0.2) is 51.5 Å². The summed E-state index contributed by atoms with van der Waals surface area (Å²) < 4.78 is 15.9. The maximum Gasteiger partial charge on any atom is 0.405 e. The minimum atomic E-state index is -1.27. The van der Waals surface area contributed by atoms with Crippen LogP contribution in [0.1, 0.15) is 5.56 Å². The van der Waals surface area contributed by atoms with Gasteiger partial charge in [0, 0.05) is 25.6 Å². The smallest absolute Gasteiger partial charge is 0.405 e. The molecule has 0 fully saturated rings. The van der Waals surface area contributed by atoms with E-state index in [0.29, 0.717) is 22.9 Å². The summed E-state index contributed by atoms with van der Waals surface area (Å²) in [6.45, 7) is 0. The lowest BCUT2D eigenvalue weighted by Gasteiger charge is -2.25. The monoisotopic (exact) mass is 388 g/mol. The van der Waals surface area contributed by atoms with Gasteiger partial charge in [-0.05, 0) is 5.56 Å². The van der Waals surface area contributed by atoms with E-state index >= 15 is 0 Å². The number of anilines is 1. The van der Waals surface area contributed by atoms with E-state index in [4.69, 9.17) is 19.3 Å². The van der Waals surface area contributed by atoms with E-state index in [1.165, 1.54) is 26.2 Å². The van der Waals surface area contributed by atoms with E-state index in [2.05, 4.69) is 5.32 Å². The molecule has 8 nitrogen and oxygen atoms in total. The minimum absolute atomic E-state index is 0.223. The first kappa shape index (κ1) is 20.9. The van der Waals surface area contributed by atoms with Crippen molar-refractivity contribution in [2.24, 2.45) is 0 Å². The van der Waals surface area contributed by atoms with Crippen molar-refractivity contribution in [3.05, 3.63) is 48.0 Å². The number of likely N-dealkylation sites (N-methyl/N-ethyl adjacent to an activating group) is 1. The van der Waals surface area contributed by atoms with Gasteiger partial charge in [-0.2, -0.15) is 0 Å². The molecule has 2 aromatic rings. The van der Waals surface area contributed by atoms with Crippen molar-refractivity contribution < 1.29 is 28.9 Å². The summed E-state index contributed by atoms with van der Waals surface area (Å²) in [5, 5.41) is 11.5. The van der Waals surface area contributed by atoms with E-state index < -0.39 is 18.0 Å². The maximum absolute atomic E-state index is 13.0. The first-order valence-electron chi connectivity index (χ1n) is 8.52. The van der Waals surface area contributed by atoms with Gasteiger partial charge in [0.1, 0.15) is 6.04 Å².